The summed E-state index contributed by atoms with van der Waals surface area (Å²) in [5.74, 6) is -1.10. The van der Waals surface area contributed by atoms with E-state index in [1.165, 1.54) is 12.1 Å². The Bertz CT molecular complexity index is 377. The highest BCUT2D eigenvalue weighted by Crippen LogP contribution is 2.08. The molecule has 0 saturated carbocycles. The van der Waals surface area contributed by atoms with Crippen molar-refractivity contribution >= 4 is 0 Å². The summed E-state index contributed by atoms with van der Waals surface area (Å²) in [7, 11) is 1.62. The molecule has 0 heterocycles. The Morgan fingerprint density at radius 1 is 1.00 bits per heavy atom. The third-order valence-corrected chi connectivity index (χ3v) is 2.56. The summed E-state index contributed by atoms with van der Waals surface area (Å²) in [5, 5.41) is 3.02. The minimum absolute atomic E-state index is 0.347. The zero-order chi connectivity index (χ0) is 14.6. The highest BCUT2D eigenvalue weighted by molar-refractivity contribution is 5.18. The van der Waals surface area contributed by atoms with E-state index in [0.717, 1.165) is 6.07 Å². The van der Waals surface area contributed by atoms with Gasteiger partial charge < -0.3 is 19.5 Å². The fourth-order valence-corrected chi connectivity index (χ4v) is 1.50. The summed E-state index contributed by atoms with van der Waals surface area (Å²) in [4.78, 5) is 0. The minimum Gasteiger partial charge on any atom is -0.382 e. The van der Waals surface area contributed by atoms with Crippen LogP contribution in [-0.4, -0.2) is 46.7 Å². The van der Waals surface area contributed by atoms with Crippen LogP contribution in [0.4, 0.5) is 8.78 Å². The molecule has 0 saturated heterocycles. The number of benzene rings is 1. The quantitative estimate of drug-likeness (QED) is 0.630. The molecule has 1 rings (SSSR count). The summed E-state index contributed by atoms with van der Waals surface area (Å²) in [6.45, 7) is 3.62. The van der Waals surface area contributed by atoms with Crippen LogP contribution in [0.5, 0.6) is 0 Å². The van der Waals surface area contributed by atoms with E-state index < -0.39 is 11.6 Å². The Labute approximate surface area is 118 Å². The molecule has 0 aliphatic carbocycles. The van der Waals surface area contributed by atoms with Crippen molar-refractivity contribution in [2.45, 2.75) is 6.54 Å². The Kier molecular flexibility index (Phi) is 9.06. The first-order valence-electron chi connectivity index (χ1n) is 6.53. The molecule has 0 spiro atoms. The van der Waals surface area contributed by atoms with Gasteiger partial charge in [0.1, 0.15) is 11.6 Å². The van der Waals surface area contributed by atoms with Gasteiger partial charge in [-0.15, -0.1) is 0 Å². The topological polar surface area (TPSA) is 39.7 Å². The van der Waals surface area contributed by atoms with Gasteiger partial charge in [0.25, 0.3) is 0 Å². The Balaban J connectivity index is 1.97. The highest BCUT2D eigenvalue weighted by atomic mass is 19.1. The van der Waals surface area contributed by atoms with Crippen LogP contribution in [0.2, 0.25) is 0 Å². The average molecular weight is 289 g/mol. The second-order valence-electron chi connectivity index (χ2n) is 4.13. The lowest BCUT2D eigenvalue weighted by Crippen LogP contribution is -2.21. The molecular weight excluding hydrogens is 268 g/mol. The van der Waals surface area contributed by atoms with Gasteiger partial charge in [0.2, 0.25) is 0 Å². The molecule has 0 radical (unpaired) electrons. The number of hydrogen-bond acceptors (Lipinski definition) is 4. The van der Waals surface area contributed by atoms with Crippen molar-refractivity contribution < 1.29 is 23.0 Å². The van der Waals surface area contributed by atoms with Crippen LogP contribution >= 0.6 is 0 Å². The lowest BCUT2D eigenvalue weighted by atomic mass is 10.2. The molecule has 0 aliphatic heterocycles. The maximum Gasteiger partial charge on any atom is 0.130 e. The Morgan fingerprint density at radius 3 is 2.40 bits per heavy atom. The number of ether oxygens (including phenoxy) is 3. The molecule has 0 atom stereocenters. The monoisotopic (exact) mass is 289 g/mol. The predicted molar refractivity (Wildman–Crippen MR) is 71.6 cm³/mol. The zero-order valence-corrected chi connectivity index (χ0v) is 11.7. The summed E-state index contributed by atoms with van der Waals surface area (Å²) in [5.41, 5.74) is 0.439. The van der Waals surface area contributed by atoms with Crippen LogP contribution in [-0.2, 0) is 20.8 Å². The number of methoxy groups -OCH3 is 1. The van der Waals surface area contributed by atoms with Gasteiger partial charge in [-0.1, -0.05) is 6.07 Å². The lowest BCUT2D eigenvalue weighted by Gasteiger charge is -2.07. The number of halogens is 2. The van der Waals surface area contributed by atoms with Crippen molar-refractivity contribution in [1.82, 2.24) is 5.32 Å². The van der Waals surface area contributed by atoms with Crippen molar-refractivity contribution in [3.05, 3.63) is 35.4 Å². The van der Waals surface area contributed by atoms with Gasteiger partial charge in [-0.05, 0) is 6.07 Å². The average Bonchev–Trinajstić information content (AvgIpc) is 2.43. The zero-order valence-electron chi connectivity index (χ0n) is 11.7. The van der Waals surface area contributed by atoms with Crippen LogP contribution in [0.3, 0.4) is 0 Å². The molecule has 0 aliphatic rings. The van der Waals surface area contributed by atoms with E-state index in [0.29, 0.717) is 51.7 Å². The Morgan fingerprint density at radius 2 is 1.70 bits per heavy atom. The smallest absolute Gasteiger partial charge is 0.130 e. The molecule has 4 nitrogen and oxygen atoms in total. The van der Waals surface area contributed by atoms with Crippen molar-refractivity contribution in [3.63, 3.8) is 0 Å². The normalized spacial score (nSPS) is 10.9. The standard InChI is InChI=1S/C14H21F2NO3/c1-18-6-7-20-9-8-19-5-4-17-11-12-2-3-13(15)10-14(12)16/h2-3,10,17H,4-9,11H2,1H3. The third-order valence-electron chi connectivity index (χ3n) is 2.56. The van der Waals surface area contributed by atoms with Crippen LogP contribution < -0.4 is 5.32 Å². The first kappa shape index (κ1) is 17.0. The maximum atomic E-state index is 13.3. The molecule has 0 bridgehead atoms. The maximum absolute atomic E-state index is 13.3. The van der Waals surface area contributed by atoms with Gasteiger partial charge in [-0.3, -0.25) is 0 Å². The Hall–Kier alpha value is -1.08. The van der Waals surface area contributed by atoms with Gasteiger partial charge in [0.15, 0.2) is 0 Å². The minimum atomic E-state index is -0.567. The van der Waals surface area contributed by atoms with E-state index in [-0.39, 0.29) is 0 Å². The molecule has 1 aromatic carbocycles. The summed E-state index contributed by atoms with van der Waals surface area (Å²) >= 11 is 0. The van der Waals surface area contributed by atoms with Crippen LogP contribution in [0, 0.1) is 11.6 Å². The molecule has 0 fully saturated rings. The number of hydrogen-bond donors (Lipinski definition) is 1. The molecule has 6 heteroatoms. The fourth-order valence-electron chi connectivity index (χ4n) is 1.50. The summed E-state index contributed by atoms with van der Waals surface area (Å²) in [6.07, 6.45) is 0. The molecule has 1 N–H and O–H groups in total. The van der Waals surface area contributed by atoms with E-state index in [1.807, 2.05) is 0 Å². The molecular formula is C14H21F2NO3. The van der Waals surface area contributed by atoms with E-state index in [9.17, 15) is 8.78 Å². The van der Waals surface area contributed by atoms with Gasteiger partial charge in [-0.25, -0.2) is 8.78 Å². The first-order valence-corrected chi connectivity index (χ1v) is 6.53. The number of rotatable bonds is 11. The van der Waals surface area contributed by atoms with Crippen molar-refractivity contribution in [3.8, 4) is 0 Å². The van der Waals surface area contributed by atoms with E-state index in [1.54, 1.807) is 7.11 Å². The lowest BCUT2D eigenvalue weighted by molar-refractivity contribution is 0.0255. The molecule has 0 aromatic heterocycles. The van der Waals surface area contributed by atoms with Crippen molar-refractivity contribution in [2.75, 3.05) is 46.7 Å². The van der Waals surface area contributed by atoms with Crippen LogP contribution in [0.25, 0.3) is 0 Å². The molecule has 114 valence electrons. The van der Waals surface area contributed by atoms with Gasteiger partial charge >= 0.3 is 0 Å². The van der Waals surface area contributed by atoms with Crippen molar-refractivity contribution in [2.24, 2.45) is 0 Å². The molecule has 0 unspecified atom stereocenters. The fraction of sp³-hybridized carbons (Fsp3) is 0.571. The summed E-state index contributed by atoms with van der Waals surface area (Å²) in [6, 6.07) is 3.56. The number of nitrogens with one attached hydrogen (secondary N) is 1. The van der Waals surface area contributed by atoms with E-state index in [2.05, 4.69) is 5.32 Å². The second-order valence-corrected chi connectivity index (χ2v) is 4.13. The molecule has 0 amide bonds. The largest absolute Gasteiger partial charge is 0.382 e. The van der Waals surface area contributed by atoms with Gasteiger partial charge in [0, 0.05) is 31.8 Å². The second kappa shape index (κ2) is 10.7. The van der Waals surface area contributed by atoms with Crippen LogP contribution in [0.15, 0.2) is 18.2 Å². The van der Waals surface area contributed by atoms with Gasteiger partial charge in [0.05, 0.1) is 33.0 Å². The molecule has 1 aromatic rings. The SMILES string of the molecule is COCCOCCOCCNCc1ccc(F)cc1F. The van der Waals surface area contributed by atoms with Crippen LogP contribution in [0.1, 0.15) is 5.56 Å². The predicted octanol–water partition coefficient (Wildman–Crippen LogP) is 1.73. The van der Waals surface area contributed by atoms with E-state index in [4.69, 9.17) is 14.2 Å². The van der Waals surface area contributed by atoms with Crippen molar-refractivity contribution in [1.29, 1.82) is 0 Å². The van der Waals surface area contributed by atoms with Gasteiger partial charge in [-0.2, -0.15) is 0 Å². The van der Waals surface area contributed by atoms with E-state index >= 15 is 0 Å². The first-order chi connectivity index (χ1) is 9.74. The summed E-state index contributed by atoms with van der Waals surface area (Å²) < 4.78 is 41.3. The third kappa shape index (κ3) is 7.49. The highest BCUT2D eigenvalue weighted by Gasteiger charge is 2.02. The molecule has 20 heavy (non-hydrogen) atoms.